The predicted octanol–water partition coefficient (Wildman–Crippen LogP) is 3.11. The van der Waals surface area contributed by atoms with Gasteiger partial charge in [-0.1, -0.05) is 0 Å². The Hall–Kier alpha value is -1.47. The number of carboxylic acid groups (broad SMARTS) is 1. The Labute approximate surface area is 138 Å². The number of hydrogen-bond donors (Lipinski definition) is 1. The number of nitrogens with zero attached hydrogens (tertiary/aromatic N) is 2. The SMILES string of the molecule is CN(C)C1(c2ccc(F)s2)CCC2(CC1)CC(=O)N(C(=O)O)C2. The van der Waals surface area contributed by atoms with E-state index in [9.17, 15) is 14.0 Å². The predicted molar refractivity (Wildman–Crippen MR) is 84.9 cm³/mol. The fourth-order valence-electron chi connectivity index (χ4n) is 4.08. The lowest BCUT2D eigenvalue weighted by Crippen LogP contribution is -2.47. The van der Waals surface area contributed by atoms with Crippen molar-refractivity contribution in [2.24, 2.45) is 5.41 Å². The first-order chi connectivity index (χ1) is 10.8. The van der Waals surface area contributed by atoms with Crippen molar-refractivity contribution in [2.75, 3.05) is 20.6 Å². The summed E-state index contributed by atoms with van der Waals surface area (Å²) in [4.78, 5) is 27.2. The Morgan fingerprint density at radius 1 is 1.30 bits per heavy atom. The molecular formula is C16H21FN2O3S. The van der Waals surface area contributed by atoms with Crippen molar-refractivity contribution in [1.29, 1.82) is 0 Å². The Kier molecular flexibility index (Phi) is 3.96. The largest absolute Gasteiger partial charge is 0.465 e. The Morgan fingerprint density at radius 2 is 1.96 bits per heavy atom. The van der Waals surface area contributed by atoms with Crippen LogP contribution in [0.2, 0.25) is 0 Å². The number of imide groups is 1. The molecule has 126 valence electrons. The molecule has 3 rings (SSSR count). The molecule has 0 radical (unpaired) electrons. The molecule has 0 unspecified atom stereocenters. The lowest BCUT2D eigenvalue weighted by Gasteiger charge is -2.47. The van der Waals surface area contributed by atoms with Crippen LogP contribution in [0.5, 0.6) is 0 Å². The number of carbonyl (C=O) groups excluding carboxylic acids is 1. The van der Waals surface area contributed by atoms with Gasteiger partial charge >= 0.3 is 6.09 Å². The van der Waals surface area contributed by atoms with E-state index < -0.39 is 6.09 Å². The zero-order valence-electron chi connectivity index (χ0n) is 13.3. The number of halogens is 1. The zero-order valence-corrected chi connectivity index (χ0v) is 14.2. The van der Waals surface area contributed by atoms with Crippen molar-refractivity contribution >= 4 is 23.3 Å². The molecule has 1 N–H and O–H groups in total. The summed E-state index contributed by atoms with van der Waals surface area (Å²) >= 11 is 1.18. The van der Waals surface area contributed by atoms with Gasteiger partial charge in [0.2, 0.25) is 5.91 Å². The van der Waals surface area contributed by atoms with Crippen LogP contribution < -0.4 is 0 Å². The molecule has 1 saturated carbocycles. The normalized spacial score (nSPS) is 31.3. The average Bonchev–Trinajstić information content (AvgIpc) is 3.05. The van der Waals surface area contributed by atoms with Crippen LogP contribution in [0.3, 0.4) is 0 Å². The van der Waals surface area contributed by atoms with Gasteiger partial charge in [0, 0.05) is 17.8 Å². The Balaban J connectivity index is 1.81. The molecule has 1 aliphatic heterocycles. The molecule has 2 heterocycles. The highest BCUT2D eigenvalue weighted by Crippen LogP contribution is 2.53. The second kappa shape index (κ2) is 5.56. The monoisotopic (exact) mass is 340 g/mol. The van der Waals surface area contributed by atoms with E-state index in [-0.39, 0.29) is 22.0 Å². The molecule has 5 nitrogen and oxygen atoms in total. The molecule has 0 atom stereocenters. The van der Waals surface area contributed by atoms with Crippen LogP contribution in [0.4, 0.5) is 9.18 Å². The van der Waals surface area contributed by atoms with Crippen LogP contribution in [0, 0.1) is 10.5 Å². The average molecular weight is 340 g/mol. The maximum absolute atomic E-state index is 13.5. The van der Waals surface area contributed by atoms with Crippen LogP contribution in [-0.2, 0) is 10.3 Å². The van der Waals surface area contributed by atoms with E-state index in [2.05, 4.69) is 4.90 Å². The van der Waals surface area contributed by atoms with Crippen LogP contribution in [0.1, 0.15) is 37.0 Å². The Bertz CT molecular complexity index is 635. The quantitative estimate of drug-likeness (QED) is 0.899. The third-order valence-corrected chi connectivity index (χ3v) is 6.64. The van der Waals surface area contributed by atoms with Crippen molar-refractivity contribution in [3.8, 4) is 0 Å². The number of likely N-dealkylation sites (tertiary alicyclic amines) is 1. The van der Waals surface area contributed by atoms with Crippen LogP contribution in [0.15, 0.2) is 12.1 Å². The highest BCUT2D eigenvalue weighted by Gasteiger charge is 2.51. The third-order valence-electron chi connectivity index (χ3n) is 5.58. The van der Waals surface area contributed by atoms with Gasteiger partial charge in [-0.2, -0.15) is 4.39 Å². The molecule has 1 saturated heterocycles. The minimum absolute atomic E-state index is 0.186. The number of thiophene rings is 1. The summed E-state index contributed by atoms with van der Waals surface area (Å²) < 4.78 is 13.5. The zero-order chi connectivity index (χ0) is 16.8. The van der Waals surface area contributed by atoms with Gasteiger partial charge in [-0.05, 0) is 57.3 Å². The van der Waals surface area contributed by atoms with Gasteiger partial charge in [0.25, 0.3) is 0 Å². The van der Waals surface area contributed by atoms with Crippen molar-refractivity contribution in [3.05, 3.63) is 22.1 Å². The summed E-state index contributed by atoms with van der Waals surface area (Å²) in [7, 11) is 4.00. The third kappa shape index (κ3) is 2.65. The van der Waals surface area contributed by atoms with Crippen molar-refractivity contribution in [1.82, 2.24) is 9.80 Å². The summed E-state index contributed by atoms with van der Waals surface area (Å²) in [5.41, 5.74) is -0.468. The van der Waals surface area contributed by atoms with Crippen LogP contribution in [0.25, 0.3) is 0 Å². The lowest BCUT2D eigenvalue weighted by atomic mass is 9.66. The highest BCUT2D eigenvalue weighted by atomic mass is 32.1. The molecule has 1 spiro atoms. The van der Waals surface area contributed by atoms with E-state index in [1.807, 2.05) is 20.2 Å². The molecule has 0 bridgehead atoms. The first kappa shape index (κ1) is 16.4. The van der Waals surface area contributed by atoms with Gasteiger partial charge in [0.1, 0.15) is 0 Å². The molecule has 0 aromatic carbocycles. The van der Waals surface area contributed by atoms with Gasteiger partial charge < -0.3 is 5.11 Å². The number of rotatable bonds is 2. The molecule has 23 heavy (non-hydrogen) atoms. The molecule has 7 heteroatoms. The number of carbonyl (C=O) groups is 2. The van der Waals surface area contributed by atoms with Crippen molar-refractivity contribution in [3.63, 3.8) is 0 Å². The van der Waals surface area contributed by atoms with Gasteiger partial charge in [-0.15, -0.1) is 11.3 Å². The summed E-state index contributed by atoms with van der Waals surface area (Å²) in [5.74, 6) is -0.294. The minimum atomic E-state index is -1.16. The summed E-state index contributed by atoms with van der Waals surface area (Å²) in [6.07, 6.45) is 2.32. The van der Waals surface area contributed by atoms with E-state index in [1.165, 1.54) is 17.4 Å². The van der Waals surface area contributed by atoms with Crippen LogP contribution in [-0.4, -0.2) is 47.5 Å². The molecule has 2 fully saturated rings. The number of amides is 2. The maximum atomic E-state index is 13.5. The van der Waals surface area contributed by atoms with Gasteiger partial charge in [-0.3, -0.25) is 9.69 Å². The maximum Gasteiger partial charge on any atom is 0.414 e. The van der Waals surface area contributed by atoms with Crippen molar-refractivity contribution in [2.45, 2.75) is 37.6 Å². The van der Waals surface area contributed by atoms with Gasteiger partial charge in [0.15, 0.2) is 5.13 Å². The van der Waals surface area contributed by atoms with Gasteiger partial charge in [-0.25, -0.2) is 9.69 Å². The van der Waals surface area contributed by atoms with E-state index >= 15 is 0 Å². The molecule has 1 aromatic heterocycles. The first-order valence-electron chi connectivity index (χ1n) is 7.75. The second-order valence-corrected chi connectivity index (χ2v) is 8.00. The first-order valence-corrected chi connectivity index (χ1v) is 8.56. The molecule has 1 aromatic rings. The van der Waals surface area contributed by atoms with E-state index in [1.54, 1.807) is 0 Å². The second-order valence-electron chi connectivity index (χ2n) is 6.97. The molecule has 1 aliphatic carbocycles. The fraction of sp³-hybridized carbons (Fsp3) is 0.625. The van der Waals surface area contributed by atoms with E-state index in [0.29, 0.717) is 13.0 Å². The number of hydrogen-bond acceptors (Lipinski definition) is 4. The van der Waals surface area contributed by atoms with Crippen molar-refractivity contribution < 1.29 is 19.1 Å². The topological polar surface area (TPSA) is 60.9 Å². The standard InChI is InChI=1S/C16H21FN2O3S/c1-18(2)16(11-3-4-12(17)23-11)7-5-15(6-8-16)9-13(20)19(10-15)14(21)22/h3-4H,5-10H2,1-2H3,(H,21,22). The van der Waals surface area contributed by atoms with Crippen LogP contribution >= 0.6 is 11.3 Å². The smallest absolute Gasteiger partial charge is 0.414 e. The van der Waals surface area contributed by atoms with E-state index in [4.69, 9.17) is 5.11 Å². The summed E-state index contributed by atoms with van der Waals surface area (Å²) in [6, 6.07) is 3.35. The van der Waals surface area contributed by atoms with E-state index in [0.717, 1.165) is 35.5 Å². The minimum Gasteiger partial charge on any atom is -0.465 e. The van der Waals surface area contributed by atoms with Gasteiger partial charge in [0.05, 0.1) is 5.54 Å². The fourth-order valence-corrected chi connectivity index (χ4v) is 5.14. The molecular weight excluding hydrogens is 319 g/mol. The summed E-state index contributed by atoms with van der Waals surface area (Å²) in [6.45, 7) is 0.295. The lowest BCUT2D eigenvalue weighted by molar-refractivity contribution is -0.126. The highest BCUT2D eigenvalue weighted by molar-refractivity contribution is 7.10. The summed E-state index contributed by atoms with van der Waals surface area (Å²) in [5, 5.41) is 8.94. The molecule has 2 amide bonds. The Morgan fingerprint density at radius 3 is 2.39 bits per heavy atom. The molecule has 2 aliphatic rings.